The lowest BCUT2D eigenvalue weighted by Gasteiger charge is -2.29. The van der Waals surface area contributed by atoms with Crippen LogP contribution in [0.4, 0.5) is 5.69 Å². The zero-order valence-corrected chi connectivity index (χ0v) is 21.0. The van der Waals surface area contributed by atoms with Crippen LogP contribution in [-0.2, 0) is 9.59 Å². The van der Waals surface area contributed by atoms with Crippen LogP contribution in [-0.4, -0.2) is 35.9 Å². The van der Waals surface area contributed by atoms with Crippen molar-refractivity contribution in [3.8, 4) is 0 Å². The van der Waals surface area contributed by atoms with Crippen LogP contribution in [0.2, 0.25) is 5.02 Å². The van der Waals surface area contributed by atoms with Crippen LogP contribution in [0.25, 0.3) is 6.08 Å². The molecule has 0 aromatic heterocycles. The molecule has 0 bridgehead atoms. The van der Waals surface area contributed by atoms with E-state index in [0.29, 0.717) is 16.5 Å². The van der Waals surface area contributed by atoms with E-state index in [9.17, 15) is 9.59 Å². The summed E-state index contributed by atoms with van der Waals surface area (Å²) in [6.45, 7) is 0.661. The van der Waals surface area contributed by atoms with Crippen LogP contribution >= 0.6 is 35.1 Å². The maximum Gasteiger partial charge on any atom is 0.265 e. The van der Waals surface area contributed by atoms with Crippen LogP contribution in [0.15, 0.2) is 58.3 Å². The Labute approximate surface area is 209 Å². The van der Waals surface area contributed by atoms with E-state index in [-0.39, 0.29) is 18.4 Å². The maximum atomic E-state index is 13.3. The molecule has 1 fully saturated rings. The Bertz CT molecular complexity index is 1000. The van der Waals surface area contributed by atoms with Crippen molar-refractivity contribution in [1.29, 1.82) is 0 Å². The molecule has 1 saturated carbocycles. The Morgan fingerprint density at radius 3 is 2.67 bits per heavy atom. The molecule has 2 amide bonds. The number of anilines is 1. The summed E-state index contributed by atoms with van der Waals surface area (Å²) in [5.41, 5.74) is 1.68. The number of fused-ring (bicyclic) bond motifs is 1. The molecular weight excluding hydrogens is 472 g/mol. The van der Waals surface area contributed by atoms with Gasteiger partial charge in [-0.15, -0.1) is 0 Å². The number of carbonyl (C=O) groups excluding carboxylic acids is 2. The molecule has 0 unspecified atom stereocenters. The van der Waals surface area contributed by atoms with Crippen molar-refractivity contribution in [3.05, 3.63) is 64.0 Å². The quantitative estimate of drug-likeness (QED) is 0.337. The van der Waals surface area contributed by atoms with Crippen LogP contribution in [0, 0.1) is 0 Å². The summed E-state index contributed by atoms with van der Waals surface area (Å²) in [5.74, 6) is 0.788. The standard InChI is InChI=1S/C26H29ClN2O2S2/c27-20-13-11-19(12-14-20)17-24-26(31)29(22-9-4-5-10-23(22)33-24)18-25(30)28-15-6-16-32-21-7-2-1-3-8-21/h4-5,9-14,17,21H,1-3,6-8,15-16,18H2,(H,28,30)/b24-17-. The molecule has 0 saturated heterocycles. The molecule has 2 aliphatic rings. The highest BCUT2D eigenvalue weighted by atomic mass is 35.5. The van der Waals surface area contributed by atoms with Crippen molar-refractivity contribution in [3.63, 3.8) is 0 Å². The van der Waals surface area contributed by atoms with E-state index in [1.54, 1.807) is 17.0 Å². The lowest BCUT2D eigenvalue weighted by molar-refractivity contribution is -0.122. The third-order valence-corrected chi connectivity index (χ3v) is 8.65. The largest absolute Gasteiger partial charge is 0.355 e. The first-order chi connectivity index (χ1) is 16.1. The average Bonchev–Trinajstić information content (AvgIpc) is 2.83. The van der Waals surface area contributed by atoms with Gasteiger partial charge in [0, 0.05) is 21.7 Å². The lowest BCUT2D eigenvalue weighted by atomic mass is 10.0. The summed E-state index contributed by atoms with van der Waals surface area (Å²) < 4.78 is 0. The van der Waals surface area contributed by atoms with Crippen molar-refractivity contribution < 1.29 is 9.59 Å². The number of para-hydroxylation sites is 1. The van der Waals surface area contributed by atoms with Crippen LogP contribution < -0.4 is 10.2 Å². The minimum absolute atomic E-state index is 0.0180. The van der Waals surface area contributed by atoms with Crippen LogP contribution in [0.5, 0.6) is 0 Å². The highest BCUT2D eigenvalue weighted by Crippen LogP contribution is 2.42. The molecule has 1 heterocycles. The maximum absolute atomic E-state index is 13.3. The number of amides is 2. The molecule has 33 heavy (non-hydrogen) atoms. The first-order valence-corrected chi connectivity index (χ1v) is 13.8. The zero-order chi connectivity index (χ0) is 23.0. The molecule has 1 N–H and O–H groups in total. The Kier molecular flexibility index (Phi) is 8.82. The van der Waals surface area contributed by atoms with Gasteiger partial charge in [0.2, 0.25) is 5.91 Å². The van der Waals surface area contributed by atoms with Crippen molar-refractivity contribution in [1.82, 2.24) is 5.32 Å². The van der Waals surface area contributed by atoms with E-state index in [1.165, 1.54) is 43.9 Å². The van der Waals surface area contributed by atoms with Crippen molar-refractivity contribution >= 4 is 58.7 Å². The van der Waals surface area contributed by atoms with Gasteiger partial charge in [-0.25, -0.2) is 0 Å². The van der Waals surface area contributed by atoms with Gasteiger partial charge in [-0.05, 0) is 60.9 Å². The van der Waals surface area contributed by atoms with E-state index in [4.69, 9.17) is 11.6 Å². The van der Waals surface area contributed by atoms with Crippen molar-refractivity contribution in [2.45, 2.75) is 48.7 Å². The number of hydrogen-bond acceptors (Lipinski definition) is 4. The van der Waals surface area contributed by atoms with E-state index in [0.717, 1.165) is 33.6 Å². The van der Waals surface area contributed by atoms with Gasteiger partial charge in [-0.2, -0.15) is 11.8 Å². The molecule has 4 nitrogen and oxygen atoms in total. The number of nitrogens with one attached hydrogen (secondary N) is 1. The van der Waals surface area contributed by atoms with Gasteiger partial charge in [-0.1, -0.05) is 66.9 Å². The van der Waals surface area contributed by atoms with Gasteiger partial charge < -0.3 is 5.32 Å². The Morgan fingerprint density at radius 2 is 1.88 bits per heavy atom. The van der Waals surface area contributed by atoms with Gasteiger partial charge in [-0.3, -0.25) is 14.5 Å². The van der Waals surface area contributed by atoms with E-state index >= 15 is 0 Å². The molecule has 1 aliphatic heterocycles. The van der Waals surface area contributed by atoms with E-state index in [2.05, 4.69) is 5.32 Å². The topological polar surface area (TPSA) is 49.4 Å². The second-order valence-corrected chi connectivity index (χ2v) is 11.3. The van der Waals surface area contributed by atoms with Gasteiger partial charge in [0.15, 0.2) is 0 Å². The lowest BCUT2D eigenvalue weighted by Crippen LogP contribution is -2.43. The first kappa shape index (κ1) is 24.2. The van der Waals surface area contributed by atoms with Crippen LogP contribution in [0.1, 0.15) is 44.1 Å². The number of nitrogens with zero attached hydrogens (tertiary/aromatic N) is 1. The highest BCUT2D eigenvalue weighted by Gasteiger charge is 2.30. The van der Waals surface area contributed by atoms with Crippen LogP contribution in [0.3, 0.4) is 0 Å². The number of carbonyl (C=O) groups is 2. The fourth-order valence-electron chi connectivity index (χ4n) is 4.11. The normalized spacial score (nSPS) is 17.8. The van der Waals surface area contributed by atoms with Gasteiger partial charge in [0.25, 0.3) is 5.91 Å². The number of rotatable bonds is 8. The van der Waals surface area contributed by atoms with E-state index < -0.39 is 0 Å². The number of benzene rings is 2. The first-order valence-electron chi connectivity index (χ1n) is 11.5. The summed E-state index contributed by atoms with van der Waals surface area (Å²) >= 11 is 9.46. The summed E-state index contributed by atoms with van der Waals surface area (Å²) in [6, 6.07) is 15.1. The number of thioether (sulfide) groups is 2. The molecular formula is C26H29ClN2O2S2. The Balaban J connectivity index is 1.35. The Morgan fingerprint density at radius 1 is 1.12 bits per heavy atom. The predicted octanol–water partition coefficient (Wildman–Crippen LogP) is 6.39. The molecule has 7 heteroatoms. The van der Waals surface area contributed by atoms with Crippen molar-refractivity contribution in [2.75, 3.05) is 23.7 Å². The van der Waals surface area contributed by atoms with E-state index in [1.807, 2.05) is 54.2 Å². The summed E-state index contributed by atoms with van der Waals surface area (Å²) in [6.07, 6.45) is 9.55. The summed E-state index contributed by atoms with van der Waals surface area (Å²) in [5, 5.41) is 4.45. The average molecular weight is 501 g/mol. The second kappa shape index (κ2) is 12.0. The molecule has 1 aliphatic carbocycles. The summed E-state index contributed by atoms with van der Waals surface area (Å²) in [7, 11) is 0. The minimum Gasteiger partial charge on any atom is -0.355 e. The van der Waals surface area contributed by atoms with Gasteiger partial charge in [0.1, 0.15) is 6.54 Å². The van der Waals surface area contributed by atoms with Gasteiger partial charge in [0.05, 0.1) is 10.6 Å². The predicted molar refractivity (Wildman–Crippen MR) is 141 cm³/mol. The fourth-order valence-corrected chi connectivity index (χ4v) is 6.61. The van der Waals surface area contributed by atoms with Gasteiger partial charge >= 0.3 is 0 Å². The highest BCUT2D eigenvalue weighted by molar-refractivity contribution is 8.04. The molecule has 4 rings (SSSR count). The third kappa shape index (κ3) is 6.81. The SMILES string of the molecule is O=C(CN1C(=O)/C(=C/c2ccc(Cl)cc2)Sc2ccccc21)NCCCSC1CCCCC1. The third-order valence-electron chi connectivity index (χ3n) is 5.85. The second-order valence-electron chi connectivity index (χ2n) is 8.36. The molecule has 0 spiro atoms. The number of halogens is 1. The number of hydrogen-bond donors (Lipinski definition) is 1. The molecule has 174 valence electrons. The smallest absolute Gasteiger partial charge is 0.265 e. The Hall–Kier alpha value is -1.89. The fraction of sp³-hybridized carbons (Fsp3) is 0.385. The summed E-state index contributed by atoms with van der Waals surface area (Å²) in [4.78, 5) is 29.1. The molecule has 0 atom stereocenters. The minimum atomic E-state index is -0.156. The monoisotopic (exact) mass is 500 g/mol. The molecule has 2 aromatic carbocycles. The van der Waals surface area contributed by atoms with Crippen molar-refractivity contribution in [2.24, 2.45) is 0 Å². The molecule has 0 radical (unpaired) electrons. The zero-order valence-electron chi connectivity index (χ0n) is 18.6. The molecule has 2 aromatic rings.